The Morgan fingerprint density at radius 1 is 0.826 bits per heavy atom. The molecule has 23 heavy (non-hydrogen) atoms. The summed E-state index contributed by atoms with van der Waals surface area (Å²) in [6.07, 6.45) is 0.269. The van der Waals surface area contributed by atoms with Gasteiger partial charge in [-0.1, -0.05) is 18.2 Å². The molecule has 122 valence electrons. The van der Waals surface area contributed by atoms with Crippen LogP contribution < -0.4 is 4.31 Å². The van der Waals surface area contributed by atoms with Gasteiger partial charge in [-0.3, -0.25) is 4.31 Å². The fourth-order valence-electron chi connectivity index (χ4n) is 2.48. The van der Waals surface area contributed by atoms with Gasteiger partial charge in [-0.25, -0.2) is 30.4 Å². The molecule has 1 aliphatic rings. The number of hydrogen-bond acceptors (Lipinski definition) is 2. The molecule has 3 nitrogen and oxygen atoms in total. The van der Waals surface area contributed by atoms with Gasteiger partial charge in [-0.2, -0.15) is 0 Å². The molecule has 0 saturated carbocycles. The van der Waals surface area contributed by atoms with Crippen LogP contribution in [0.3, 0.4) is 0 Å². The van der Waals surface area contributed by atoms with E-state index in [2.05, 4.69) is 0 Å². The lowest BCUT2D eigenvalue weighted by Crippen LogP contribution is -2.31. The Morgan fingerprint density at radius 3 is 1.96 bits per heavy atom. The Hall–Kier alpha value is -2.16. The second-order valence-electron chi connectivity index (χ2n) is 4.85. The zero-order chi connectivity index (χ0) is 16.9. The van der Waals surface area contributed by atoms with Crippen LogP contribution in [0.2, 0.25) is 0 Å². The second-order valence-corrected chi connectivity index (χ2v) is 6.65. The first kappa shape index (κ1) is 15.7. The van der Waals surface area contributed by atoms with Crippen LogP contribution in [0.25, 0.3) is 0 Å². The number of rotatable bonds is 2. The van der Waals surface area contributed by atoms with Crippen molar-refractivity contribution >= 4 is 15.7 Å². The van der Waals surface area contributed by atoms with Gasteiger partial charge in [-0.15, -0.1) is 0 Å². The summed E-state index contributed by atoms with van der Waals surface area (Å²) in [4.78, 5) is -1.84. The Kier molecular flexibility index (Phi) is 3.55. The highest BCUT2D eigenvalue weighted by molar-refractivity contribution is 7.92. The molecule has 2 aromatic rings. The molecule has 2 aromatic carbocycles. The smallest absolute Gasteiger partial charge is 0.266 e. The molecule has 0 aliphatic carbocycles. The minimum atomic E-state index is -4.94. The van der Waals surface area contributed by atoms with E-state index >= 15 is 0 Å². The average Bonchev–Trinajstić information content (AvgIpc) is 2.96. The number of sulfonamides is 1. The fourth-order valence-corrected chi connectivity index (χ4v) is 4.10. The lowest BCUT2D eigenvalue weighted by molar-refractivity contribution is 0.357. The lowest BCUT2D eigenvalue weighted by Gasteiger charge is -2.20. The zero-order valence-electron chi connectivity index (χ0n) is 11.3. The molecule has 0 radical (unpaired) electrons. The van der Waals surface area contributed by atoms with Crippen LogP contribution in [0.4, 0.5) is 27.6 Å². The molecule has 0 amide bonds. The van der Waals surface area contributed by atoms with Crippen molar-refractivity contribution in [2.45, 2.75) is 11.3 Å². The zero-order valence-corrected chi connectivity index (χ0v) is 12.1. The summed E-state index contributed by atoms with van der Waals surface area (Å²) < 4.78 is 92.7. The highest BCUT2D eigenvalue weighted by Gasteiger charge is 2.39. The molecular formula is C14H8F5NO2S. The van der Waals surface area contributed by atoms with E-state index in [0.29, 0.717) is 9.87 Å². The third-order valence-electron chi connectivity index (χ3n) is 3.56. The topological polar surface area (TPSA) is 37.4 Å². The van der Waals surface area contributed by atoms with Crippen LogP contribution in [-0.2, 0) is 16.4 Å². The molecule has 9 heteroatoms. The molecule has 0 aromatic heterocycles. The van der Waals surface area contributed by atoms with E-state index in [0.717, 1.165) is 0 Å². The number of benzene rings is 2. The predicted molar refractivity (Wildman–Crippen MR) is 70.9 cm³/mol. The molecule has 0 fully saturated rings. The predicted octanol–water partition coefficient (Wildman–Crippen LogP) is 3.13. The number of fused-ring (bicyclic) bond motifs is 1. The van der Waals surface area contributed by atoms with Crippen molar-refractivity contribution in [2.24, 2.45) is 0 Å². The lowest BCUT2D eigenvalue weighted by atomic mass is 10.2. The van der Waals surface area contributed by atoms with Gasteiger partial charge in [0.15, 0.2) is 28.2 Å². The van der Waals surface area contributed by atoms with E-state index in [-0.39, 0.29) is 18.7 Å². The third-order valence-corrected chi connectivity index (χ3v) is 5.40. The molecule has 3 rings (SSSR count). The number of nitrogens with zero attached hydrogens (tertiary/aromatic N) is 1. The number of anilines is 1. The summed E-state index contributed by atoms with van der Waals surface area (Å²) >= 11 is 0. The van der Waals surface area contributed by atoms with Crippen molar-refractivity contribution in [1.82, 2.24) is 0 Å². The van der Waals surface area contributed by atoms with E-state index in [1.54, 1.807) is 12.1 Å². The first-order chi connectivity index (χ1) is 10.8. The normalized spacial score (nSPS) is 14.2. The highest BCUT2D eigenvalue weighted by Crippen LogP contribution is 2.35. The average molecular weight is 349 g/mol. The van der Waals surface area contributed by atoms with Crippen LogP contribution in [-0.4, -0.2) is 15.0 Å². The first-order valence-electron chi connectivity index (χ1n) is 6.39. The standard InChI is InChI=1S/C14H8F5NO2S/c15-9-10(16)12(18)14(13(19)11(9)17)23(21,22)20-6-5-7-3-1-2-4-8(7)20/h1-4H,5-6H2. The quantitative estimate of drug-likeness (QED) is 0.475. The van der Waals surface area contributed by atoms with Crippen LogP contribution in [0.15, 0.2) is 29.2 Å². The van der Waals surface area contributed by atoms with Gasteiger partial charge in [0.25, 0.3) is 10.0 Å². The Morgan fingerprint density at radius 2 is 1.35 bits per heavy atom. The monoisotopic (exact) mass is 349 g/mol. The molecule has 1 aliphatic heterocycles. The summed E-state index contributed by atoms with van der Waals surface area (Å²) in [5.41, 5.74) is 0.747. The van der Waals surface area contributed by atoms with Crippen molar-refractivity contribution in [1.29, 1.82) is 0 Å². The SMILES string of the molecule is O=S(=O)(c1c(F)c(F)c(F)c(F)c1F)N1CCc2ccccc21. The molecule has 0 N–H and O–H groups in total. The van der Waals surface area contributed by atoms with Gasteiger partial charge >= 0.3 is 0 Å². The van der Waals surface area contributed by atoms with Gasteiger partial charge in [0.2, 0.25) is 5.82 Å². The van der Waals surface area contributed by atoms with Crippen LogP contribution in [0.5, 0.6) is 0 Å². The minimum Gasteiger partial charge on any atom is -0.266 e. The summed E-state index contributed by atoms with van der Waals surface area (Å²) in [5, 5.41) is 0. The summed E-state index contributed by atoms with van der Waals surface area (Å²) in [6.45, 7) is -0.152. The summed E-state index contributed by atoms with van der Waals surface area (Å²) in [5.74, 6) is -11.7. The van der Waals surface area contributed by atoms with Crippen LogP contribution in [0, 0.1) is 29.1 Å². The van der Waals surface area contributed by atoms with E-state index in [9.17, 15) is 30.4 Å². The first-order valence-corrected chi connectivity index (χ1v) is 7.83. The van der Waals surface area contributed by atoms with Crippen molar-refractivity contribution in [3.63, 3.8) is 0 Å². The van der Waals surface area contributed by atoms with Gasteiger partial charge in [0.05, 0.1) is 5.69 Å². The molecule has 1 heterocycles. The Balaban J connectivity index is 2.24. The number of para-hydroxylation sites is 1. The van der Waals surface area contributed by atoms with Crippen LogP contribution in [0.1, 0.15) is 5.56 Å². The number of halogens is 5. The van der Waals surface area contributed by atoms with Crippen LogP contribution >= 0.6 is 0 Å². The van der Waals surface area contributed by atoms with Crippen molar-refractivity contribution in [3.8, 4) is 0 Å². The maximum atomic E-state index is 13.8. The van der Waals surface area contributed by atoms with Gasteiger partial charge in [-0.05, 0) is 18.1 Å². The fraction of sp³-hybridized carbons (Fsp3) is 0.143. The third kappa shape index (κ3) is 2.18. The molecule has 0 saturated heterocycles. The van der Waals surface area contributed by atoms with Crippen molar-refractivity contribution < 1.29 is 30.4 Å². The summed E-state index contributed by atoms with van der Waals surface area (Å²) in [7, 11) is -4.94. The minimum absolute atomic E-state index is 0.149. The van der Waals surface area contributed by atoms with Gasteiger partial charge in [0.1, 0.15) is 0 Å². The van der Waals surface area contributed by atoms with E-state index in [1.165, 1.54) is 12.1 Å². The number of hydrogen-bond donors (Lipinski definition) is 0. The molecule has 0 unspecified atom stereocenters. The largest absolute Gasteiger partial charge is 0.270 e. The molecular weight excluding hydrogens is 341 g/mol. The van der Waals surface area contributed by atoms with E-state index < -0.39 is 44.0 Å². The molecule has 0 atom stereocenters. The van der Waals surface area contributed by atoms with E-state index in [1.807, 2.05) is 0 Å². The highest BCUT2D eigenvalue weighted by atomic mass is 32.2. The maximum absolute atomic E-state index is 13.8. The summed E-state index contributed by atoms with van der Waals surface area (Å²) in [6, 6.07) is 6.16. The molecule has 0 spiro atoms. The maximum Gasteiger partial charge on any atom is 0.270 e. The Labute approximate surface area is 128 Å². The second kappa shape index (κ2) is 5.19. The van der Waals surface area contributed by atoms with E-state index in [4.69, 9.17) is 0 Å². The molecule has 0 bridgehead atoms. The van der Waals surface area contributed by atoms with Crippen molar-refractivity contribution in [2.75, 3.05) is 10.8 Å². The van der Waals surface area contributed by atoms with Crippen molar-refractivity contribution in [3.05, 3.63) is 58.9 Å². The van der Waals surface area contributed by atoms with Gasteiger partial charge < -0.3 is 0 Å². The van der Waals surface area contributed by atoms with Gasteiger partial charge in [0, 0.05) is 6.54 Å². The Bertz CT molecular complexity index is 885.